The first-order chi connectivity index (χ1) is 17.3. The third kappa shape index (κ3) is 5.78. The molecular formula is C26H28FN3O6. The monoisotopic (exact) mass is 497 g/mol. The summed E-state index contributed by atoms with van der Waals surface area (Å²) in [5.41, 5.74) is 5.25. The Morgan fingerprint density at radius 2 is 1.72 bits per heavy atom. The minimum atomic E-state index is -1.23. The van der Waals surface area contributed by atoms with Gasteiger partial charge >= 0.3 is 11.7 Å². The Balaban J connectivity index is 1.65. The molecule has 1 aliphatic rings. The average Bonchev–Trinajstić information content (AvgIpc) is 3.12. The highest BCUT2D eigenvalue weighted by Crippen LogP contribution is 2.41. The maximum absolute atomic E-state index is 14.3. The fourth-order valence-electron chi connectivity index (χ4n) is 4.17. The molecule has 0 spiro atoms. The molecule has 4 atom stereocenters. The van der Waals surface area contributed by atoms with E-state index in [-0.39, 0.29) is 13.2 Å². The number of ether oxygens (including phenoxy) is 4. The number of carbonyl (C=O) groups is 1. The van der Waals surface area contributed by atoms with Gasteiger partial charge in [-0.3, -0.25) is 9.36 Å². The van der Waals surface area contributed by atoms with Gasteiger partial charge in [-0.2, -0.15) is 4.98 Å². The highest BCUT2D eigenvalue weighted by Gasteiger charge is 2.56. The summed E-state index contributed by atoms with van der Waals surface area (Å²) in [6.45, 7) is 3.48. The summed E-state index contributed by atoms with van der Waals surface area (Å²) in [5.74, 6) is -2.06. The van der Waals surface area contributed by atoms with Crippen molar-refractivity contribution in [3.8, 4) is 0 Å². The second-order valence-electron chi connectivity index (χ2n) is 8.75. The Kier molecular flexibility index (Phi) is 7.78. The van der Waals surface area contributed by atoms with Gasteiger partial charge in [-0.15, -0.1) is 0 Å². The highest BCUT2D eigenvalue weighted by molar-refractivity contribution is 5.66. The lowest BCUT2D eigenvalue weighted by atomic mass is 9.97. The van der Waals surface area contributed by atoms with Crippen molar-refractivity contribution in [3.63, 3.8) is 0 Å². The molecule has 1 fully saturated rings. The van der Waals surface area contributed by atoms with Crippen LogP contribution in [-0.2, 0) is 37.0 Å². The Morgan fingerprint density at radius 3 is 2.33 bits per heavy atom. The van der Waals surface area contributed by atoms with E-state index in [2.05, 4.69) is 4.98 Å². The number of hydrogen-bond donors (Lipinski definition) is 1. The van der Waals surface area contributed by atoms with Gasteiger partial charge in [0.2, 0.25) is 0 Å². The van der Waals surface area contributed by atoms with Crippen molar-refractivity contribution >= 4 is 11.8 Å². The molecule has 0 bridgehead atoms. The van der Waals surface area contributed by atoms with E-state index < -0.39 is 47.3 Å². The van der Waals surface area contributed by atoms with Crippen molar-refractivity contribution in [1.82, 2.24) is 9.55 Å². The van der Waals surface area contributed by atoms with E-state index in [1.165, 1.54) is 6.92 Å². The summed E-state index contributed by atoms with van der Waals surface area (Å²) in [6, 6.07) is 19.0. The van der Waals surface area contributed by atoms with Crippen LogP contribution in [0, 0.1) is 5.82 Å². The topological polar surface area (TPSA) is 115 Å². The Labute approximate surface area is 207 Å². The van der Waals surface area contributed by atoms with Crippen LogP contribution in [-0.4, -0.2) is 39.9 Å². The largest absolute Gasteiger partial charge is 0.455 e. The lowest BCUT2D eigenvalue weighted by molar-refractivity contribution is -0.159. The van der Waals surface area contributed by atoms with Crippen molar-refractivity contribution in [1.29, 1.82) is 0 Å². The maximum Gasteiger partial charge on any atom is 0.351 e. The highest BCUT2D eigenvalue weighted by atomic mass is 19.1. The summed E-state index contributed by atoms with van der Waals surface area (Å²) in [6.07, 6.45) is -2.31. The summed E-state index contributed by atoms with van der Waals surface area (Å²) in [7, 11) is 0. The summed E-state index contributed by atoms with van der Waals surface area (Å²) >= 11 is 0. The summed E-state index contributed by atoms with van der Waals surface area (Å²) in [4.78, 5) is 28.2. The third-order valence-corrected chi connectivity index (χ3v) is 5.85. The lowest BCUT2D eigenvalue weighted by Crippen LogP contribution is -2.47. The molecule has 0 unspecified atom stereocenters. The zero-order valence-electron chi connectivity index (χ0n) is 20.0. The van der Waals surface area contributed by atoms with Gasteiger partial charge in [0, 0.05) is 6.92 Å². The van der Waals surface area contributed by atoms with Gasteiger partial charge in [-0.25, -0.2) is 9.18 Å². The molecule has 1 aliphatic heterocycles. The molecule has 0 radical (unpaired) electrons. The van der Waals surface area contributed by atoms with E-state index in [4.69, 9.17) is 24.7 Å². The smallest absolute Gasteiger partial charge is 0.351 e. The van der Waals surface area contributed by atoms with Crippen molar-refractivity contribution in [2.75, 3.05) is 12.3 Å². The van der Waals surface area contributed by atoms with Gasteiger partial charge in [0.15, 0.2) is 24.0 Å². The van der Waals surface area contributed by atoms with E-state index in [1.807, 2.05) is 60.7 Å². The van der Waals surface area contributed by atoms with E-state index in [0.717, 1.165) is 21.9 Å². The van der Waals surface area contributed by atoms with Crippen LogP contribution in [0.4, 0.5) is 10.2 Å². The molecule has 2 heterocycles. The molecule has 2 N–H and O–H groups in total. The Hall–Kier alpha value is -3.60. The minimum Gasteiger partial charge on any atom is -0.455 e. The molecule has 1 aromatic heterocycles. The molecule has 9 nitrogen and oxygen atoms in total. The molecule has 3 aromatic rings. The normalized spacial score (nSPS) is 23.5. The number of benzene rings is 2. The van der Waals surface area contributed by atoms with Crippen molar-refractivity contribution in [2.45, 2.75) is 51.1 Å². The number of aromatic nitrogens is 2. The number of carbonyl (C=O) groups excluding carboxylic acids is 1. The van der Waals surface area contributed by atoms with Gasteiger partial charge in [-0.1, -0.05) is 60.7 Å². The van der Waals surface area contributed by atoms with Gasteiger partial charge in [-0.05, 0) is 18.1 Å². The summed E-state index contributed by atoms with van der Waals surface area (Å²) in [5, 5.41) is 0. The number of halogens is 1. The number of nitrogens with zero attached hydrogens (tertiary/aromatic N) is 2. The maximum atomic E-state index is 14.3. The fraction of sp³-hybridized carbons (Fsp3) is 0.346. The molecule has 4 rings (SSSR count). The quantitative estimate of drug-likeness (QED) is 0.449. The van der Waals surface area contributed by atoms with Gasteiger partial charge in [0.25, 0.3) is 0 Å². The van der Waals surface area contributed by atoms with E-state index in [1.54, 1.807) is 6.92 Å². The van der Waals surface area contributed by atoms with Crippen molar-refractivity contribution in [2.24, 2.45) is 0 Å². The minimum absolute atomic E-state index is 0.0370. The van der Waals surface area contributed by atoms with Crippen LogP contribution in [0.5, 0.6) is 0 Å². The molecular weight excluding hydrogens is 469 g/mol. The number of anilines is 1. The molecule has 2 aromatic carbocycles. The third-order valence-electron chi connectivity index (χ3n) is 5.85. The number of hydrogen-bond acceptors (Lipinski definition) is 8. The van der Waals surface area contributed by atoms with Gasteiger partial charge in [0.05, 0.1) is 26.0 Å². The van der Waals surface area contributed by atoms with Crippen LogP contribution in [0.2, 0.25) is 0 Å². The second kappa shape index (κ2) is 11.0. The zero-order valence-corrected chi connectivity index (χ0v) is 20.0. The second-order valence-corrected chi connectivity index (χ2v) is 8.75. The fourth-order valence-corrected chi connectivity index (χ4v) is 4.17. The first-order valence-corrected chi connectivity index (χ1v) is 11.4. The van der Waals surface area contributed by atoms with Crippen LogP contribution in [0.3, 0.4) is 0 Å². The van der Waals surface area contributed by atoms with Crippen LogP contribution in [0.25, 0.3) is 0 Å². The van der Waals surface area contributed by atoms with E-state index >= 15 is 0 Å². The molecule has 1 saturated heterocycles. The van der Waals surface area contributed by atoms with Crippen LogP contribution < -0.4 is 11.4 Å². The predicted molar refractivity (Wildman–Crippen MR) is 128 cm³/mol. The van der Waals surface area contributed by atoms with Crippen molar-refractivity contribution < 1.29 is 28.1 Å². The number of nitrogens with two attached hydrogens (primary N) is 1. The van der Waals surface area contributed by atoms with Gasteiger partial charge < -0.3 is 24.7 Å². The van der Waals surface area contributed by atoms with Crippen LogP contribution in [0.15, 0.2) is 71.7 Å². The molecule has 0 saturated carbocycles. The first-order valence-electron chi connectivity index (χ1n) is 11.4. The standard InChI is InChI=1S/C26H28FN3O6/c1-17(31)35-21-22(34-15-19-11-7-4-8-12-19)26(2,16-33-14-18-9-5-3-6-10-18)36-24(21)30-13-20(27)23(28)29-25(30)32/h3-13,21-22,24H,14-16H2,1-2H3,(H2,28,29,32)/t21-,22+,24-,26-/m1/s1. The predicted octanol–water partition coefficient (Wildman–Crippen LogP) is 2.99. The SMILES string of the molecule is CC(=O)O[C@H]1[C@H](n2cc(F)c(N)nc2=O)O[C@](C)(COCc2ccccc2)[C@H]1OCc1ccccc1. The van der Waals surface area contributed by atoms with Crippen molar-refractivity contribution in [3.05, 3.63) is 94.3 Å². The molecule has 10 heteroatoms. The van der Waals surface area contributed by atoms with E-state index in [0.29, 0.717) is 6.61 Å². The Bertz CT molecular complexity index is 1240. The summed E-state index contributed by atoms with van der Waals surface area (Å²) < 4.78 is 39.2. The van der Waals surface area contributed by atoms with Gasteiger partial charge in [0.1, 0.15) is 11.7 Å². The zero-order chi connectivity index (χ0) is 25.7. The average molecular weight is 498 g/mol. The molecule has 190 valence electrons. The van der Waals surface area contributed by atoms with Crippen LogP contribution >= 0.6 is 0 Å². The van der Waals surface area contributed by atoms with E-state index in [9.17, 15) is 14.0 Å². The molecule has 36 heavy (non-hydrogen) atoms. The number of nitrogen functional groups attached to an aromatic ring is 1. The lowest BCUT2D eigenvalue weighted by Gasteiger charge is -2.31. The van der Waals surface area contributed by atoms with Crippen LogP contribution in [0.1, 0.15) is 31.2 Å². The number of rotatable bonds is 9. The number of esters is 1. The Morgan fingerprint density at radius 1 is 1.11 bits per heavy atom. The molecule has 0 amide bonds. The first kappa shape index (κ1) is 25.5. The molecule has 0 aliphatic carbocycles.